The number of nitrogen functional groups attached to an aromatic ring is 1. The molecule has 1 aromatic heterocycles. The molecule has 0 spiro atoms. The molecule has 0 amide bonds. The highest BCUT2D eigenvalue weighted by atomic mass is 19.4. The Balaban J connectivity index is 3.52. The Hall–Kier alpha value is -1.70. The molecule has 1 aromatic rings. The van der Waals surface area contributed by atoms with Crippen LogP contribution in [0.4, 0.5) is 19.0 Å². The highest BCUT2D eigenvalue weighted by molar-refractivity contribution is 5.50. The Morgan fingerprint density at radius 3 is 2.47 bits per heavy atom. The lowest BCUT2D eigenvalue weighted by Gasteiger charge is -2.12. The van der Waals surface area contributed by atoms with Crippen molar-refractivity contribution < 1.29 is 13.2 Å². The fourth-order valence-corrected chi connectivity index (χ4v) is 1.29. The lowest BCUT2D eigenvalue weighted by atomic mass is 10.1. The number of nitrogens with two attached hydrogens (primary N) is 1. The van der Waals surface area contributed by atoms with E-state index in [-0.39, 0.29) is 17.1 Å². The molecule has 5 heteroatoms. The summed E-state index contributed by atoms with van der Waals surface area (Å²) >= 11 is 0. The summed E-state index contributed by atoms with van der Waals surface area (Å²) in [7, 11) is 0. The third kappa shape index (κ3) is 2.40. The van der Waals surface area contributed by atoms with Crippen LogP contribution in [-0.2, 0) is 6.18 Å². The predicted octanol–water partition coefficient (Wildman–Crippen LogP) is 2.36. The van der Waals surface area contributed by atoms with Crippen molar-refractivity contribution in [3.05, 3.63) is 22.9 Å². The van der Waals surface area contributed by atoms with Gasteiger partial charge in [-0.1, -0.05) is 5.92 Å². The highest BCUT2D eigenvalue weighted by Crippen LogP contribution is 2.34. The molecule has 0 saturated heterocycles. The van der Waals surface area contributed by atoms with E-state index in [1.165, 1.54) is 13.8 Å². The molecule has 15 heavy (non-hydrogen) atoms. The first-order valence-electron chi connectivity index (χ1n) is 4.13. The molecule has 0 fully saturated rings. The summed E-state index contributed by atoms with van der Waals surface area (Å²) in [6, 6.07) is 1.13. The Bertz CT molecular complexity index is 438. The molecule has 0 aromatic carbocycles. The van der Waals surface area contributed by atoms with Crippen LogP contribution in [0.3, 0.4) is 0 Å². The molecule has 1 heterocycles. The third-order valence-electron chi connectivity index (χ3n) is 1.76. The van der Waals surface area contributed by atoms with Crippen LogP contribution < -0.4 is 5.73 Å². The largest absolute Gasteiger partial charge is 0.419 e. The molecule has 0 bridgehead atoms. The van der Waals surface area contributed by atoms with Crippen LogP contribution >= 0.6 is 0 Å². The second kappa shape index (κ2) is 3.81. The predicted molar refractivity (Wildman–Crippen MR) is 50.9 cm³/mol. The van der Waals surface area contributed by atoms with Gasteiger partial charge in [0, 0.05) is 5.56 Å². The molecule has 0 saturated carbocycles. The first-order valence-corrected chi connectivity index (χ1v) is 4.13. The average molecular weight is 214 g/mol. The second-order valence-corrected chi connectivity index (χ2v) is 2.93. The van der Waals surface area contributed by atoms with Crippen LogP contribution in [0.1, 0.15) is 23.7 Å². The first-order chi connectivity index (χ1) is 6.86. The Morgan fingerprint density at radius 2 is 2.00 bits per heavy atom. The van der Waals surface area contributed by atoms with Gasteiger partial charge in [-0.3, -0.25) is 0 Å². The average Bonchev–Trinajstić information content (AvgIpc) is 1.99. The maximum Gasteiger partial charge on any atom is 0.419 e. The maximum absolute atomic E-state index is 12.6. The van der Waals surface area contributed by atoms with E-state index in [9.17, 15) is 13.2 Å². The molecule has 80 valence electrons. The molecule has 0 atom stereocenters. The van der Waals surface area contributed by atoms with Crippen molar-refractivity contribution >= 4 is 5.82 Å². The molecule has 2 nitrogen and oxygen atoms in total. The number of aromatic nitrogens is 1. The van der Waals surface area contributed by atoms with Crippen LogP contribution in [0.2, 0.25) is 0 Å². The fourth-order valence-electron chi connectivity index (χ4n) is 1.29. The number of hydrogen-bond acceptors (Lipinski definition) is 2. The molecule has 0 unspecified atom stereocenters. The minimum atomic E-state index is -4.45. The number of rotatable bonds is 0. The monoisotopic (exact) mass is 214 g/mol. The van der Waals surface area contributed by atoms with Gasteiger partial charge in [0.1, 0.15) is 5.82 Å². The maximum atomic E-state index is 12.6. The summed E-state index contributed by atoms with van der Waals surface area (Å²) in [5, 5.41) is 0. The molecule has 1 rings (SSSR count). The standard InChI is InChI=1S/C10H9F3N2/c1-3-4-7-5-8(14)15-6(2)9(7)10(11,12)13/h5H,1-2H3,(H2,14,15). The van der Waals surface area contributed by atoms with E-state index < -0.39 is 11.7 Å². The quantitative estimate of drug-likeness (QED) is 0.673. The molecular weight excluding hydrogens is 205 g/mol. The summed E-state index contributed by atoms with van der Waals surface area (Å²) in [5.74, 6) is 4.83. The van der Waals surface area contributed by atoms with Crippen molar-refractivity contribution in [2.45, 2.75) is 20.0 Å². The van der Waals surface area contributed by atoms with Gasteiger partial charge in [0.2, 0.25) is 0 Å². The normalized spacial score (nSPS) is 10.7. The fraction of sp³-hybridized carbons (Fsp3) is 0.300. The van der Waals surface area contributed by atoms with Gasteiger partial charge in [-0.25, -0.2) is 4.98 Å². The van der Waals surface area contributed by atoms with Gasteiger partial charge in [-0.15, -0.1) is 5.92 Å². The van der Waals surface area contributed by atoms with Crippen molar-refractivity contribution in [1.82, 2.24) is 4.98 Å². The zero-order chi connectivity index (χ0) is 11.6. The van der Waals surface area contributed by atoms with Crippen LogP contribution in [0.25, 0.3) is 0 Å². The van der Waals surface area contributed by atoms with Gasteiger partial charge in [-0.05, 0) is 19.9 Å². The van der Waals surface area contributed by atoms with Crippen molar-refractivity contribution in [2.24, 2.45) is 0 Å². The summed E-state index contributed by atoms with van der Waals surface area (Å²) in [4.78, 5) is 3.57. The highest BCUT2D eigenvalue weighted by Gasteiger charge is 2.35. The van der Waals surface area contributed by atoms with Crippen molar-refractivity contribution in [3.8, 4) is 11.8 Å². The SMILES string of the molecule is CC#Cc1cc(N)nc(C)c1C(F)(F)F. The molecule has 0 aliphatic rings. The van der Waals surface area contributed by atoms with Crippen LogP contribution in [0.15, 0.2) is 6.07 Å². The number of anilines is 1. The Morgan fingerprint density at radius 1 is 1.40 bits per heavy atom. The summed E-state index contributed by atoms with van der Waals surface area (Å²) < 4.78 is 37.8. The number of aryl methyl sites for hydroxylation is 1. The van der Waals surface area contributed by atoms with Crippen molar-refractivity contribution in [3.63, 3.8) is 0 Å². The van der Waals surface area contributed by atoms with E-state index in [1.54, 1.807) is 0 Å². The van der Waals surface area contributed by atoms with E-state index >= 15 is 0 Å². The van der Waals surface area contributed by atoms with Gasteiger partial charge in [0.15, 0.2) is 0 Å². The van der Waals surface area contributed by atoms with Crippen molar-refractivity contribution in [2.75, 3.05) is 5.73 Å². The van der Waals surface area contributed by atoms with E-state index in [1.807, 2.05) is 0 Å². The van der Waals surface area contributed by atoms with Crippen molar-refractivity contribution in [1.29, 1.82) is 0 Å². The van der Waals surface area contributed by atoms with Gasteiger partial charge in [-0.2, -0.15) is 13.2 Å². The second-order valence-electron chi connectivity index (χ2n) is 2.93. The molecular formula is C10H9F3N2. The zero-order valence-electron chi connectivity index (χ0n) is 8.24. The summed E-state index contributed by atoms with van der Waals surface area (Å²) in [6.45, 7) is 2.73. The van der Waals surface area contributed by atoms with Crippen LogP contribution in [0.5, 0.6) is 0 Å². The number of pyridine rings is 1. The lowest BCUT2D eigenvalue weighted by molar-refractivity contribution is -0.138. The smallest absolute Gasteiger partial charge is 0.384 e. The number of hydrogen-bond donors (Lipinski definition) is 1. The van der Waals surface area contributed by atoms with Crippen LogP contribution in [0, 0.1) is 18.8 Å². The Kier molecular flexibility index (Phi) is 2.89. The molecule has 2 N–H and O–H groups in total. The summed E-state index contributed by atoms with van der Waals surface area (Å²) in [5.41, 5.74) is 4.26. The van der Waals surface area contributed by atoms with E-state index in [2.05, 4.69) is 16.8 Å². The van der Waals surface area contributed by atoms with Gasteiger partial charge in [0.25, 0.3) is 0 Å². The van der Waals surface area contributed by atoms with E-state index in [0.29, 0.717) is 0 Å². The lowest BCUT2D eigenvalue weighted by Crippen LogP contribution is -2.12. The summed E-state index contributed by atoms with van der Waals surface area (Å²) in [6.07, 6.45) is -4.45. The number of halogens is 3. The van der Waals surface area contributed by atoms with Gasteiger partial charge < -0.3 is 5.73 Å². The van der Waals surface area contributed by atoms with Gasteiger partial charge in [0.05, 0.1) is 11.3 Å². The minimum absolute atomic E-state index is 0.0400. The molecule has 0 aliphatic carbocycles. The molecule has 0 aliphatic heterocycles. The topological polar surface area (TPSA) is 38.9 Å². The zero-order valence-corrected chi connectivity index (χ0v) is 8.24. The van der Waals surface area contributed by atoms with E-state index in [0.717, 1.165) is 6.07 Å². The minimum Gasteiger partial charge on any atom is -0.384 e. The van der Waals surface area contributed by atoms with E-state index in [4.69, 9.17) is 5.73 Å². The molecule has 0 radical (unpaired) electrons. The third-order valence-corrected chi connectivity index (χ3v) is 1.76. The van der Waals surface area contributed by atoms with Gasteiger partial charge >= 0.3 is 6.18 Å². The Labute approximate surface area is 85.3 Å². The number of nitrogens with zero attached hydrogens (tertiary/aromatic N) is 1. The number of alkyl halides is 3. The first kappa shape index (κ1) is 11.4. The van der Waals surface area contributed by atoms with Crippen LogP contribution in [-0.4, -0.2) is 4.98 Å².